The molecule has 0 aliphatic carbocycles. The van der Waals surface area contributed by atoms with Crippen molar-refractivity contribution in [1.29, 1.82) is 5.41 Å². The number of thioether (sulfide) groups is 1. The lowest BCUT2D eigenvalue weighted by Gasteiger charge is -2.30. The van der Waals surface area contributed by atoms with Gasteiger partial charge in [0.05, 0.1) is 0 Å². The fourth-order valence-electron chi connectivity index (χ4n) is 1.92. The van der Waals surface area contributed by atoms with Gasteiger partial charge in [0.1, 0.15) is 5.84 Å². The highest BCUT2D eigenvalue weighted by Gasteiger charge is 2.17. The number of nitrogen functional groups attached to an aromatic ring is 1. The maximum atomic E-state index is 7.67. The maximum absolute atomic E-state index is 7.67. The van der Waals surface area contributed by atoms with Crippen LogP contribution in [-0.2, 0) is 0 Å². The molecule has 0 aliphatic rings. The fraction of sp³-hybridized carbons (Fsp3) is 0.462. The predicted molar refractivity (Wildman–Crippen MR) is 86.0 cm³/mol. The number of rotatable bonds is 6. The largest absolute Gasteiger partial charge is 0.384 e. The second-order valence-electron chi connectivity index (χ2n) is 4.20. The smallest absolute Gasteiger partial charge is 0.124 e. The van der Waals surface area contributed by atoms with Crippen molar-refractivity contribution >= 4 is 39.2 Å². The van der Waals surface area contributed by atoms with E-state index >= 15 is 0 Å². The number of halogens is 1. The molecular formula is C13H20BrN3S. The second kappa shape index (κ2) is 7.04. The molecule has 3 N–H and O–H groups in total. The van der Waals surface area contributed by atoms with Crippen molar-refractivity contribution in [2.45, 2.75) is 19.4 Å². The van der Waals surface area contributed by atoms with E-state index in [9.17, 15) is 0 Å². The molecule has 1 atom stereocenters. The first-order valence-electron chi connectivity index (χ1n) is 5.87. The average Bonchev–Trinajstić information content (AvgIpc) is 2.34. The number of hydrogen-bond donors (Lipinski definition) is 2. The molecule has 0 radical (unpaired) electrons. The summed E-state index contributed by atoms with van der Waals surface area (Å²) in [6.07, 6.45) is 3.19. The van der Waals surface area contributed by atoms with Gasteiger partial charge in [0.15, 0.2) is 0 Å². The molecule has 18 heavy (non-hydrogen) atoms. The first-order chi connectivity index (χ1) is 8.51. The molecule has 1 rings (SSSR count). The summed E-state index contributed by atoms with van der Waals surface area (Å²) in [6, 6.07) is 6.29. The van der Waals surface area contributed by atoms with Crippen molar-refractivity contribution in [3.63, 3.8) is 0 Å². The Kier molecular flexibility index (Phi) is 6.02. The van der Waals surface area contributed by atoms with E-state index in [1.807, 2.05) is 30.0 Å². The minimum absolute atomic E-state index is 0.114. The summed E-state index contributed by atoms with van der Waals surface area (Å²) in [5.74, 6) is 1.18. The number of amidine groups is 1. The van der Waals surface area contributed by atoms with E-state index in [1.54, 1.807) is 0 Å². The summed E-state index contributed by atoms with van der Waals surface area (Å²) in [5, 5.41) is 7.67. The van der Waals surface area contributed by atoms with E-state index in [0.29, 0.717) is 6.04 Å². The van der Waals surface area contributed by atoms with Crippen LogP contribution in [0, 0.1) is 5.41 Å². The van der Waals surface area contributed by atoms with Crippen LogP contribution in [0.3, 0.4) is 0 Å². The number of nitrogens with two attached hydrogens (primary N) is 1. The Morgan fingerprint density at radius 3 is 2.72 bits per heavy atom. The van der Waals surface area contributed by atoms with Gasteiger partial charge < -0.3 is 10.6 Å². The highest BCUT2D eigenvalue weighted by molar-refractivity contribution is 9.10. The predicted octanol–water partition coefficient (Wildman–Crippen LogP) is 3.31. The first-order valence-corrected chi connectivity index (χ1v) is 8.05. The molecule has 3 nitrogen and oxygen atoms in total. The molecule has 1 aromatic rings. The van der Waals surface area contributed by atoms with Crippen molar-refractivity contribution in [2.75, 3.05) is 24.0 Å². The molecule has 1 unspecified atom stereocenters. The normalized spacial score (nSPS) is 12.2. The number of nitrogens with one attached hydrogen (secondary N) is 1. The van der Waals surface area contributed by atoms with Crippen LogP contribution in [0.2, 0.25) is 0 Å². The van der Waals surface area contributed by atoms with Crippen LogP contribution in [0.1, 0.15) is 18.9 Å². The summed E-state index contributed by atoms with van der Waals surface area (Å²) in [7, 11) is 2.07. The molecule has 0 amide bonds. The van der Waals surface area contributed by atoms with Gasteiger partial charge in [-0.25, -0.2) is 0 Å². The number of hydrogen-bond acceptors (Lipinski definition) is 3. The minimum atomic E-state index is 0.114. The Bertz CT molecular complexity index is 423. The number of nitrogens with zero attached hydrogens (tertiary/aromatic N) is 1. The van der Waals surface area contributed by atoms with E-state index < -0.39 is 0 Å². The topological polar surface area (TPSA) is 53.1 Å². The van der Waals surface area contributed by atoms with Crippen LogP contribution in [0.25, 0.3) is 0 Å². The zero-order valence-electron chi connectivity index (χ0n) is 11.0. The summed E-state index contributed by atoms with van der Waals surface area (Å²) < 4.78 is 1.01. The number of anilines is 1. The van der Waals surface area contributed by atoms with Gasteiger partial charge in [-0.05, 0) is 30.9 Å². The Morgan fingerprint density at radius 2 is 2.22 bits per heavy atom. The highest BCUT2D eigenvalue weighted by atomic mass is 79.9. The molecule has 100 valence electrons. The summed E-state index contributed by atoms with van der Waals surface area (Å²) in [5.41, 5.74) is 7.46. The molecule has 0 fully saturated rings. The lowest BCUT2D eigenvalue weighted by molar-refractivity contribution is 0.672. The zero-order valence-corrected chi connectivity index (χ0v) is 13.4. The van der Waals surface area contributed by atoms with Crippen LogP contribution < -0.4 is 10.6 Å². The molecule has 0 saturated carbocycles. The molecule has 0 saturated heterocycles. The van der Waals surface area contributed by atoms with Crippen LogP contribution in [0.5, 0.6) is 0 Å². The SMILES string of the molecule is CCC(CSC)N(C)c1cc(Br)ccc1C(=N)N. The molecule has 0 aliphatic heterocycles. The van der Waals surface area contributed by atoms with Crippen molar-refractivity contribution < 1.29 is 0 Å². The quantitative estimate of drug-likeness (QED) is 0.621. The molecule has 5 heteroatoms. The van der Waals surface area contributed by atoms with E-state index in [0.717, 1.165) is 27.9 Å². The van der Waals surface area contributed by atoms with Gasteiger partial charge in [-0.15, -0.1) is 0 Å². The van der Waals surface area contributed by atoms with Crippen LogP contribution >= 0.6 is 27.7 Å². The highest BCUT2D eigenvalue weighted by Crippen LogP contribution is 2.27. The van der Waals surface area contributed by atoms with Crippen molar-refractivity contribution in [2.24, 2.45) is 5.73 Å². The molecule has 0 heterocycles. The third-order valence-electron chi connectivity index (χ3n) is 3.01. The van der Waals surface area contributed by atoms with E-state index in [4.69, 9.17) is 11.1 Å². The lowest BCUT2D eigenvalue weighted by atomic mass is 10.1. The minimum Gasteiger partial charge on any atom is -0.384 e. The zero-order chi connectivity index (χ0) is 13.7. The van der Waals surface area contributed by atoms with Crippen molar-refractivity contribution in [3.05, 3.63) is 28.2 Å². The molecular weight excluding hydrogens is 310 g/mol. The number of benzene rings is 1. The van der Waals surface area contributed by atoms with E-state index in [2.05, 4.69) is 41.1 Å². The van der Waals surface area contributed by atoms with Gasteiger partial charge in [0.2, 0.25) is 0 Å². The molecule has 1 aromatic carbocycles. The summed E-state index contributed by atoms with van der Waals surface area (Å²) in [4.78, 5) is 2.22. The van der Waals surface area contributed by atoms with Gasteiger partial charge in [-0.3, -0.25) is 5.41 Å². The molecule has 0 bridgehead atoms. The monoisotopic (exact) mass is 329 g/mol. The standard InChI is InChI=1S/C13H20BrN3S/c1-4-10(8-18-3)17(2)12-7-9(14)5-6-11(12)13(15)16/h5-7,10H,4,8H2,1-3H3,(H3,15,16). The van der Waals surface area contributed by atoms with E-state index in [1.165, 1.54) is 0 Å². The average molecular weight is 330 g/mol. The first kappa shape index (κ1) is 15.4. The van der Waals surface area contributed by atoms with Crippen LogP contribution in [0.15, 0.2) is 22.7 Å². The Labute approximate surface area is 122 Å². The van der Waals surface area contributed by atoms with Gasteiger partial charge >= 0.3 is 0 Å². The van der Waals surface area contributed by atoms with Gasteiger partial charge in [0, 0.05) is 34.6 Å². The van der Waals surface area contributed by atoms with Crippen LogP contribution in [0.4, 0.5) is 5.69 Å². The van der Waals surface area contributed by atoms with Crippen molar-refractivity contribution in [1.82, 2.24) is 0 Å². The van der Waals surface area contributed by atoms with E-state index in [-0.39, 0.29) is 5.84 Å². The third kappa shape index (κ3) is 3.65. The third-order valence-corrected chi connectivity index (χ3v) is 4.22. The lowest BCUT2D eigenvalue weighted by Crippen LogP contribution is -2.34. The second-order valence-corrected chi connectivity index (χ2v) is 6.03. The van der Waals surface area contributed by atoms with Crippen molar-refractivity contribution in [3.8, 4) is 0 Å². The van der Waals surface area contributed by atoms with Gasteiger partial charge in [-0.2, -0.15) is 11.8 Å². The van der Waals surface area contributed by atoms with Gasteiger partial charge in [0.25, 0.3) is 0 Å². The maximum Gasteiger partial charge on any atom is 0.124 e. The van der Waals surface area contributed by atoms with Crippen LogP contribution in [-0.4, -0.2) is 30.9 Å². The summed E-state index contributed by atoms with van der Waals surface area (Å²) in [6.45, 7) is 2.18. The Balaban J connectivity index is 3.13. The van der Waals surface area contributed by atoms with Gasteiger partial charge in [-0.1, -0.05) is 22.9 Å². The molecule has 0 spiro atoms. The Morgan fingerprint density at radius 1 is 1.56 bits per heavy atom. The fourth-order valence-corrected chi connectivity index (χ4v) is 3.11. The Hall–Kier alpha value is -0.680. The summed E-state index contributed by atoms with van der Waals surface area (Å²) >= 11 is 5.32. The molecule has 0 aromatic heterocycles.